The van der Waals surface area contributed by atoms with Crippen LogP contribution < -0.4 is 0 Å². The molecule has 19 heavy (non-hydrogen) atoms. The van der Waals surface area contributed by atoms with Crippen LogP contribution in [0.2, 0.25) is 0 Å². The van der Waals surface area contributed by atoms with E-state index in [0.29, 0.717) is 6.54 Å². The standard InChI is InChI=1S/C14H20FNO2S/c1-2-16(12-8-4-3-5-9-12)19(17,18)14-11-7-6-10-13(14)15/h6-7,10-12H,2-5,8-9H2,1H3. The van der Waals surface area contributed by atoms with E-state index < -0.39 is 15.8 Å². The molecule has 0 aromatic heterocycles. The topological polar surface area (TPSA) is 37.4 Å². The molecule has 0 amide bonds. The number of rotatable bonds is 4. The third-order valence-corrected chi connectivity index (χ3v) is 5.78. The maximum Gasteiger partial charge on any atom is 0.246 e. The summed E-state index contributed by atoms with van der Waals surface area (Å²) in [6.45, 7) is 2.20. The highest BCUT2D eigenvalue weighted by Gasteiger charge is 2.32. The summed E-state index contributed by atoms with van der Waals surface area (Å²) in [7, 11) is -3.72. The molecule has 0 heterocycles. The zero-order valence-corrected chi connectivity index (χ0v) is 12.0. The van der Waals surface area contributed by atoms with Gasteiger partial charge in [-0.05, 0) is 25.0 Å². The summed E-state index contributed by atoms with van der Waals surface area (Å²) < 4.78 is 40.3. The van der Waals surface area contributed by atoms with Crippen LogP contribution in [-0.2, 0) is 10.0 Å². The van der Waals surface area contributed by atoms with Gasteiger partial charge in [0.15, 0.2) is 0 Å². The summed E-state index contributed by atoms with van der Waals surface area (Å²) in [5.41, 5.74) is 0. The summed E-state index contributed by atoms with van der Waals surface area (Å²) in [6.07, 6.45) is 5.01. The Morgan fingerprint density at radius 1 is 1.21 bits per heavy atom. The minimum atomic E-state index is -3.72. The third-order valence-electron chi connectivity index (χ3n) is 3.72. The third kappa shape index (κ3) is 2.98. The lowest BCUT2D eigenvalue weighted by Gasteiger charge is -2.32. The minimum absolute atomic E-state index is 0.0170. The molecule has 1 aliphatic carbocycles. The molecule has 1 aromatic carbocycles. The van der Waals surface area contributed by atoms with E-state index in [1.807, 2.05) is 6.92 Å². The van der Waals surface area contributed by atoms with Gasteiger partial charge in [0.1, 0.15) is 10.7 Å². The van der Waals surface area contributed by atoms with Crippen LogP contribution in [0.4, 0.5) is 4.39 Å². The highest BCUT2D eigenvalue weighted by Crippen LogP contribution is 2.28. The SMILES string of the molecule is CCN(C1CCCCC1)S(=O)(=O)c1ccccc1F. The van der Waals surface area contributed by atoms with Crippen LogP contribution in [0.3, 0.4) is 0 Å². The first-order valence-electron chi connectivity index (χ1n) is 6.83. The van der Waals surface area contributed by atoms with Gasteiger partial charge in [-0.1, -0.05) is 38.3 Å². The van der Waals surface area contributed by atoms with Crippen molar-refractivity contribution in [2.45, 2.75) is 50.0 Å². The molecule has 2 rings (SSSR count). The van der Waals surface area contributed by atoms with Gasteiger partial charge in [-0.15, -0.1) is 0 Å². The van der Waals surface area contributed by atoms with Crippen molar-refractivity contribution >= 4 is 10.0 Å². The molecule has 5 heteroatoms. The van der Waals surface area contributed by atoms with Gasteiger partial charge in [0.05, 0.1) is 0 Å². The lowest BCUT2D eigenvalue weighted by Crippen LogP contribution is -2.41. The molecule has 0 saturated heterocycles. The molecule has 106 valence electrons. The van der Waals surface area contributed by atoms with Crippen molar-refractivity contribution in [3.8, 4) is 0 Å². The Morgan fingerprint density at radius 2 is 1.84 bits per heavy atom. The maximum absolute atomic E-state index is 13.7. The van der Waals surface area contributed by atoms with Crippen LogP contribution in [-0.4, -0.2) is 25.3 Å². The number of hydrogen-bond acceptors (Lipinski definition) is 2. The molecule has 1 saturated carbocycles. The molecule has 1 aromatic rings. The second-order valence-electron chi connectivity index (χ2n) is 4.93. The molecule has 0 radical (unpaired) electrons. The second kappa shape index (κ2) is 6.01. The Bertz CT molecular complexity index is 524. The van der Waals surface area contributed by atoms with Crippen molar-refractivity contribution in [2.24, 2.45) is 0 Å². The highest BCUT2D eigenvalue weighted by atomic mass is 32.2. The van der Waals surface area contributed by atoms with Crippen LogP contribution in [0.5, 0.6) is 0 Å². The summed E-state index contributed by atoms with van der Waals surface area (Å²) in [5, 5.41) is 0. The smallest absolute Gasteiger partial charge is 0.207 e. The maximum atomic E-state index is 13.7. The monoisotopic (exact) mass is 285 g/mol. The number of nitrogens with zero attached hydrogens (tertiary/aromatic N) is 1. The molecule has 1 fully saturated rings. The molecule has 0 bridgehead atoms. The van der Waals surface area contributed by atoms with Crippen molar-refractivity contribution in [2.75, 3.05) is 6.54 Å². The normalized spacial score (nSPS) is 17.8. The second-order valence-corrected chi connectivity index (χ2v) is 6.79. The highest BCUT2D eigenvalue weighted by molar-refractivity contribution is 7.89. The molecule has 0 unspecified atom stereocenters. The number of halogens is 1. The zero-order valence-electron chi connectivity index (χ0n) is 11.2. The average Bonchev–Trinajstić information content (AvgIpc) is 2.40. The van der Waals surface area contributed by atoms with Gasteiger partial charge in [-0.3, -0.25) is 0 Å². The average molecular weight is 285 g/mol. The number of benzene rings is 1. The molecule has 1 aliphatic rings. The van der Waals surface area contributed by atoms with Crippen LogP contribution in [0.25, 0.3) is 0 Å². The van der Waals surface area contributed by atoms with E-state index in [1.54, 1.807) is 6.07 Å². The molecule has 0 atom stereocenters. The largest absolute Gasteiger partial charge is 0.246 e. The fourth-order valence-electron chi connectivity index (χ4n) is 2.77. The number of sulfonamides is 1. The molecular weight excluding hydrogens is 265 g/mol. The lowest BCUT2D eigenvalue weighted by atomic mass is 9.95. The number of hydrogen-bond donors (Lipinski definition) is 0. The van der Waals surface area contributed by atoms with E-state index in [0.717, 1.165) is 32.1 Å². The Kier molecular flexibility index (Phi) is 4.58. The fourth-order valence-corrected chi connectivity index (χ4v) is 4.53. The molecule has 0 spiro atoms. The summed E-state index contributed by atoms with van der Waals surface area (Å²) >= 11 is 0. The van der Waals surface area contributed by atoms with Crippen molar-refractivity contribution in [1.29, 1.82) is 0 Å². The molecular formula is C14H20FNO2S. The lowest BCUT2D eigenvalue weighted by molar-refractivity contribution is 0.260. The van der Waals surface area contributed by atoms with E-state index >= 15 is 0 Å². The summed E-state index contributed by atoms with van der Waals surface area (Å²) in [6, 6.07) is 5.62. The van der Waals surface area contributed by atoms with E-state index in [-0.39, 0.29) is 10.9 Å². The first-order valence-corrected chi connectivity index (χ1v) is 8.27. The van der Waals surface area contributed by atoms with Crippen LogP contribution in [0.15, 0.2) is 29.2 Å². The van der Waals surface area contributed by atoms with Crippen molar-refractivity contribution in [1.82, 2.24) is 4.31 Å². The van der Waals surface area contributed by atoms with Crippen molar-refractivity contribution in [3.05, 3.63) is 30.1 Å². The van der Waals surface area contributed by atoms with Gasteiger partial charge in [0, 0.05) is 12.6 Å². The van der Waals surface area contributed by atoms with Crippen LogP contribution >= 0.6 is 0 Å². The van der Waals surface area contributed by atoms with Gasteiger partial charge in [0.2, 0.25) is 10.0 Å². The zero-order chi connectivity index (χ0) is 13.9. The quantitative estimate of drug-likeness (QED) is 0.852. The van der Waals surface area contributed by atoms with E-state index in [2.05, 4.69) is 0 Å². The van der Waals surface area contributed by atoms with Gasteiger partial charge >= 0.3 is 0 Å². The van der Waals surface area contributed by atoms with E-state index in [9.17, 15) is 12.8 Å². The van der Waals surface area contributed by atoms with Crippen LogP contribution in [0, 0.1) is 5.82 Å². The molecule has 0 N–H and O–H groups in total. The molecule has 3 nitrogen and oxygen atoms in total. The Morgan fingerprint density at radius 3 is 2.42 bits per heavy atom. The predicted molar refractivity (Wildman–Crippen MR) is 72.8 cm³/mol. The van der Waals surface area contributed by atoms with Crippen LogP contribution in [0.1, 0.15) is 39.0 Å². The Labute approximate surface area is 114 Å². The van der Waals surface area contributed by atoms with E-state index in [1.165, 1.54) is 22.5 Å². The molecule has 0 aliphatic heterocycles. The summed E-state index contributed by atoms with van der Waals surface area (Å²) in [4.78, 5) is -0.206. The Balaban J connectivity index is 2.33. The van der Waals surface area contributed by atoms with Gasteiger partial charge in [0.25, 0.3) is 0 Å². The van der Waals surface area contributed by atoms with E-state index in [4.69, 9.17) is 0 Å². The predicted octanol–water partition coefficient (Wildman–Crippen LogP) is 3.17. The minimum Gasteiger partial charge on any atom is -0.207 e. The first kappa shape index (κ1) is 14.5. The van der Waals surface area contributed by atoms with Crippen molar-refractivity contribution in [3.63, 3.8) is 0 Å². The van der Waals surface area contributed by atoms with Gasteiger partial charge in [-0.2, -0.15) is 4.31 Å². The first-order chi connectivity index (χ1) is 9.07. The van der Waals surface area contributed by atoms with Gasteiger partial charge < -0.3 is 0 Å². The summed E-state index contributed by atoms with van der Waals surface area (Å²) in [5.74, 6) is -0.670. The Hall–Kier alpha value is -0.940. The fraction of sp³-hybridized carbons (Fsp3) is 0.571. The van der Waals surface area contributed by atoms with Gasteiger partial charge in [-0.25, -0.2) is 12.8 Å². The van der Waals surface area contributed by atoms with Crippen molar-refractivity contribution < 1.29 is 12.8 Å².